The Bertz CT molecular complexity index is 905. The van der Waals surface area contributed by atoms with Crippen molar-refractivity contribution in [3.05, 3.63) is 52.3 Å². The zero-order chi connectivity index (χ0) is 19.2. The van der Waals surface area contributed by atoms with Gasteiger partial charge in [0.25, 0.3) is 0 Å². The molecule has 6 nitrogen and oxygen atoms in total. The molecule has 11 heteroatoms. The van der Waals surface area contributed by atoms with Gasteiger partial charge in [-0.25, -0.2) is 9.98 Å². The van der Waals surface area contributed by atoms with Gasteiger partial charge < -0.3 is 15.4 Å². The number of hydrogen-bond acceptors (Lipinski definition) is 4. The first kappa shape index (κ1) is 22.6. The molecule has 3 aromatic rings. The number of ether oxygens (including phenoxy) is 1. The van der Waals surface area contributed by atoms with Gasteiger partial charge in [-0.1, -0.05) is 11.6 Å². The van der Waals surface area contributed by atoms with Crippen molar-refractivity contribution in [2.75, 3.05) is 6.54 Å². The lowest BCUT2D eigenvalue weighted by molar-refractivity contribution is -0.0504. The summed E-state index contributed by atoms with van der Waals surface area (Å²) in [5, 5.41) is 8.69. The fourth-order valence-electron chi connectivity index (χ4n) is 2.42. The van der Waals surface area contributed by atoms with Gasteiger partial charge in [-0.3, -0.25) is 4.40 Å². The molecule has 0 fully saturated rings. The summed E-state index contributed by atoms with van der Waals surface area (Å²) < 4.78 is 31.6. The van der Waals surface area contributed by atoms with Crippen molar-refractivity contribution < 1.29 is 13.5 Å². The van der Waals surface area contributed by atoms with Gasteiger partial charge in [-0.05, 0) is 25.1 Å². The van der Waals surface area contributed by atoms with Crippen LogP contribution in [0.4, 0.5) is 8.78 Å². The minimum absolute atomic E-state index is 0. The van der Waals surface area contributed by atoms with Crippen molar-refractivity contribution >= 4 is 57.8 Å². The quantitative estimate of drug-likeness (QED) is 0.262. The maximum absolute atomic E-state index is 12.6. The second kappa shape index (κ2) is 10.8. The number of aromatic nitrogens is 2. The minimum Gasteiger partial charge on any atom is -0.434 e. The largest absolute Gasteiger partial charge is 0.434 e. The molecule has 0 radical (unpaired) electrons. The maximum Gasteiger partial charge on any atom is 0.387 e. The predicted molar refractivity (Wildman–Crippen MR) is 118 cm³/mol. The summed E-state index contributed by atoms with van der Waals surface area (Å²) in [7, 11) is 0. The lowest BCUT2D eigenvalue weighted by atomic mass is 10.2. The molecular weight excluding hydrogens is 523 g/mol. The lowest BCUT2D eigenvalue weighted by Gasteiger charge is -2.12. The SMILES string of the molecule is CCNC(=NCc1cc(Cl)ccc1OC(F)F)NCc1cn2ccsc2n1.I. The second-order valence-corrected chi connectivity index (χ2v) is 6.81. The molecule has 0 amide bonds. The van der Waals surface area contributed by atoms with E-state index in [0.717, 1.165) is 10.7 Å². The van der Waals surface area contributed by atoms with Crippen LogP contribution in [-0.2, 0) is 13.1 Å². The van der Waals surface area contributed by atoms with E-state index in [4.69, 9.17) is 11.6 Å². The summed E-state index contributed by atoms with van der Waals surface area (Å²) in [6, 6.07) is 4.48. The molecule has 152 valence electrons. The topological polar surface area (TPSA) is 63.0 Å². The molecule has 0 saturated carbocycles. The summed E-state index contributed by atoms with van der Waals surface area (Å²) in [5.41, 5.74) is 1.35. The number of alkyl halides is 2. The normalized spacial score (nSPS) is 11.5. The van der Waals surface area contributed by atoms with Crippen molar-refractivity contribution in [2.45, 2.75) is 26.6 Å². The number of fused-ring (bicyclic) bond motifs is 1. The fraction of sp³-hybridized carbons (Fsp3) is 0.294. The zero-order valence-corrected chi connectivity index (χ0v) is 18.8. The first-order valence-electron chi connectivity index (χ1n) is 8.21. The average molecular weight is 542 g/mol. The predicted octanol–water partition coefficient (Wildman–Crippen LogP) is 4.52. The Morgan fingerprint density at radius 2 is 2.21 bits per heavy atom. The Kier molecular flexibility index (Phi) is 8.70. The van der Waals surface area contributed by atoms with Crippen LogP contribution >= 0.6 is 46.9 Å². The summed E-state index contributed by atoms with van der Waals surface area (Å²) >= 11 is 7.53. The Hall–Kier alpha value is -1.66. The number of thiazole rings is 1. The summed E-state index contributed by atoms with van der Waals surface area (Å²) in [6.07, 6.45) is 3.88. The van der Waals surface area contributed by atoms with E-state index in [9.17, 15) is 8.78 Å². The lowest BCUT2D eigenvalue weighted by Crippen LogP contribution is -2.36. The number of aliphatic imine (C=N–C) groups is 1. The smallest absolute Gasteiger partial charge is 0.387 e. The highest BCUT2D eigenvalue weighted by atomic mass is 127. The van der Waals surface area contributed by atoms with Crippen LogP contribution in [0.1, 0.15) is 18.2 Å². The van der Waals surface area contributed by atoms with E-state index in [0.29, 0.717) is 29.6 Å². The third-order valence-corrected chi connectivity index (χ3v) is 4.58. The van der Waals surface area contributed by atoms with Crippen LogP contribution in [0.25, 0.3) is 4.96 Å². The number of benzene rings is 1. The molecule has 2 aromatic heterocycles. The number of rotatable bonds is 7. The monoisotopic (exact) mass is 541 g/mol. The summed E-state index contributed by atoms with van der Waals surface area (Å²) in [4.78, 5) is 9.84. The molecule has 28 heavy (non-hydrogen) atoms. The third kappa shape index (κ3) is 6.17. The number of nitrogens with zero attached hydrogens (tertiary/aromatic N) is 3. The highest BCUT2D eigenvalue weighted by molar-refractivity contribution is 14.0. The van der Waals surface area contributed by atoms with Crippen molar-refractivity contribution in [2.24, 2.45) is 4.99 Å². The average Bonchev–Trinajstić information content (AvgIpc) is 3.20. The summed E-state index contributed by atoms with van der Waals surface area (Å²) in [5.74, 6) is 0.597. The van der Waals surface area contributed by atoms with E-state index in [-0.39, 0.29) is 36.3 Å². The van der Waals surface area contributed by atoms with Gasteiger partial charge in [0.1, 0.15) is 5.75 Å². The van der Waals surface area contributed by atoms with Crippen LogP contribution in [0.2, 0.25) is 5.02 Å². The van der Waals surface area contributed by atoms with Crippen LogP contribution < -0.4 is 15.4 Å². The molecule has 0 atom stereocenters. The molecule has 2 N–H and O–H groups in total. The number of imidazole rings is 1. The van der Waals surface area contributed by atoms with Crippen molar-refractivity contribution in [3.8, 4) is 5.75 Å². The van der Waals surface area contributed by atoms with Crippen molar-refractivity contribution in [1.29, 1.82) is 0 Å². The fourth-order valence-corrected chi connectivity index (χ4v) is 3.34. The Labute approximate surface area is 187 Å². The second-order valence-electron chi connectivity index (χ2n) is 5.50. The van der Waals surface area contributed by atoms with Gasteiger partial charge in [0, 0.05) is 34.9 Å². The van der Waals surface area contributed by atoms with E-state index in [1.807, 2.05) is 29.1 Å². The molecule has 1 aromatic carbocycles. The van der Waals surface area contributed by atoms with Gasteiger partial charge in [-0.2, -0.15) is 8.78 Å². The molecular formula is C17H19ClF2IN5OS. The van der Waals surface area contributed by atoms with Crippen LogP contribution in [0, 0.1) is 0 Å². The van der Waals surface area contributed by atoms with Gasteiger partial charge in [0.15, 0.2) is 10.9 Å². The number of nitrogens with one attached hydrogen (secondary N) is 2. The van der Waals surface area contributed by atoms with E-state index < -0.39 is 6.61 Å². The highest BCUT2D eigenvalue weighted by Crippen LogP contribution is 2.25. The van der Waals surface area contributed by atoms with Crippen molar-refractivity contribution in [1.82, 2.24) is 20.0 Å². The molecule has 0 unspecified atom stereocenters. The third-order valence-electron chi connectivity index (χ3n) is 3.57. The summed E-state index contributed by atoms with van der Waals surface area (Å²) in [6.45, 7) is 0.302. The Morgan fingerprint density at radius 1 is 1.39 bits per heavy atom. The molecule has 0 saturated heterocycles. The van der Waals surface area contributed by atoms with Crippen LogP contribution in [0.15, 0.2) is 41.0 Å². The minimum atomic E-state index is -2.91. The first-order valence-corrected chi connectivity index (χ1v) is 9.47. The molecule has 3 rings (SSSR count). The van der Waals surface area contributed by atoms with Crippen LogP contribution in [-0.4, -0.2) is 28.5 Å². The first-order chi connectivity index (χ1) is 13.0. The highest BCUT2D eigenvalue weighted by Gasteiger charge is 2.11. The standard InChI is InChI=1S/C17H18ClF2N5OS.HI/c1-2-21-16(23-9-13-10-25-5-6-27-17(25)24-13)22-8-11-7-12(18)3-4-14(11)26-15(19)20;/h3-7,10,15H,2,8-9H2,1H3,(H2,21,22,23);1H. The maximum atomic E-state index is 12.6. The molecule has 0 spiro atoms. The van der Waals surface area contributed by atoms with Crippen LogP contribution in [0.5, 0.6) is 5.75 Å². The van der Waals surface area contributed by atoms with Crippen molar-refractivity contribution in [3.63, 3.8) is 0 Å². The van der Waals surface area contributed by atoms with E-state index in [1.54, 1.807) is 17.4 Å². The van der Waals surface area contributed by atoms with Gasteiger partial charge in [0.05, 0.1) is 18.8 Å². The van der Waals surface area contributed by atoms with E-state index in [1.165, 1.54) is 12.1 Å². The Morgan fingerprint density at radius 3 is 2.93 bits per heavy atom. The number of guanidine groups is 1. The van der Waals surface area contributed by atoms with Crippen LogP contribution in [0.3, 0.4) is 0 Å². The van der Waals surface area contributed by atoms with Gasteiger partial charge >= 0.3 is 6.61 Å². The number of halogens is 4. The molecule has 0 aliphatic heterocycles. The van der Waals surface area contributed by atoms with E-state index in [2.05, 4.69) is 25.3 Å². The molecule has 2 heterocycles. The van der Waals surface area contributed by atoms with Gasteiger partial charge in [-0.15, -0.1) is 35.3 Å². The molecule has 0 bridgehead atoms. The number of hydrogen-bond donors (Lipinski definition) is 2. The molecule has 0 aliphatic rings. The zero-order valence-electron chi connectivity index (χ0n) is 14.9. The van der Waals surface area contributed by atoms with E-state index >= 15 is 0 Å². The Balaban J connectivity index is 0.00000280. The molecule has 0 aliphatic carbocycles. The van der Waals surface area contributed by atoms with Gasteiger partial charge in [0.2, 0.25) is 0 Å².